The Bertz CT molecular complexity index is 759. The molecule has 1 aliphatic heterocycles. The van der Waals surface area contributed by atoms with Gasteiger partial charge in [0.25, 0.3) is 0 Å². The number of anilines is 1. The molecule has 6 nitrogen and oxygen atoms in total. The minimum atomic E-state index is -0.136. The highest BCUT2D eigenvalue weighted by atomic mass is 16.3. The van der Waals surface area contributed by atoms with Gasteiger partial charge in [0.05, 0.1) is 6.10 Å². The van der Waals surface area contributed by atoms with E-state index in [9.17, 15) is 5.11 Å². The number of fused-ring (bicyclic) bond motifs is 1. The predicted molar refractivity (Wildman–Crippen MR) is 109 cm³/mol. The summed E-state index contributed by atoms with van der Waals surface area (Å²) in [5.74, 6) is 1.28. The lowest BCUT2D eigenvalue weighted by Crippen LogP contribution is -2.21. The molecule has 1 saturated heterocycles. The molecular weight excluding hydrogens is 338 g/mol. The molecule has 2 aromatic heterocycles. The van der Waals surface area contributed by atoms with Crippen LogP contribution in [0.25, 0.3) is 11.0 Å². The van der Waals surface area contributed by atoms with Crippen LogP contribution in [0.2, 0.25) is 0 Å². The van der Waals surface area contributed by atoms with Crippen LogP contribution in [0.1, 0.15) is 76.3 Å². The van der Waals surface area contributed by atoms with E-state index in [2.05, 4.69) is 40.2 Å². The molecule has 2 fully saturated rings. The molecule has 27 heavy (non-hydrogen) atoms. The highest BCUT2D eigenvalue weighted by Crippen LogP contribution is 2.36. The minimum absolute atomic E-state index is 0.136. The van der Waals surface area contributed by atoms with E-state index in [0.717, 1.165) is 63.2 Å². The molecule has 0 amide bonds. The van der Waals surface area contributed by atoms with Crippen molar-refractivity contribution < 1.29 is 5.11 Å². The van der Waals surface area contributed by atoms with Gasteiger partial charge < -0.3 is 20.3 Å². The van der Waals surface area contributed by atoms with Crippen LogP contribution >= 0.6 is 0 Å². The molecule has 1 aliphatic carbocycles. The Morgan fingerprint density at radius 3 is 2.81 bits per heavy atom. The highest BCUT2D eigenvalue weighted by Gasteiger charge is 2.27. The molecule has 2 aromatic rings. The average Bonchev–Trinajstić information content (AvgIpc) is 3.30. The Morgan fingerprint density at radius 1 is 1.30 bits per heavy atom. The van der Waals surface area contributed by atoms with Gasteiger partial charge in [-0.1, -0.05) is 13.3 Å². The predicted octanol–water partition coefficient (Wildman–Crippen LogP) is 3.58. The van der Waals surface area contributed by atoms with Crippen LogP contribution in [0.3, 0.4) is 0 Å². The van der Waals surface area contributed by atoms with Gasteiger partial charge in [0.15, 0.2) is 0 Å². The number of hydrogen-bond donors (Lipinski definition) is 3. The number of hydrogen-bond acceptors (Lipinski definition) is 5. The SMILES string of the molecule is CCC[C@H](C)Nc1ncc2c(C3CCNC3)cn([C@H]3CC[C@H](O)CC3)c2n1. The molecule has 2 aliphatic rings. The smallest absolute Gasteiger partial charge is 0.224 e. The fourth-order valence-corrected chi connectivity index (χ4v) is 4.71. The number of nitrogens with zero attached hydrogens (tertiary/aromatic N) is 3. The molecule has 0 aromatic carbocycles. The molecule has 1 unspecified atom stereocenters. The molecule has 3 heterocycles. The van der Waals surface area contributed by atoms with Crippen molar-refractivity contribution >= 4 is 17.0 Å². The van der Waals surface area contributed by atoms with Crippen LogP contribution in [-0.2, 0) is 0 Å². The van der Waals surface area contributed by atoms with E-state index in [4.69, 9.17) is 4.98 Å². The van der Waals surface area contributed by atoms with E-state index < -0.39 is 0 Å². The number of nitrogens with one attached hydrogen (secondary N) is 2. The number of aliphatic hydroxyl groups excluding tert-OH is 1. The standard InChI is InChI=1S/C21H33N5O/c1-3-4-14(2)24-21-23-12-18-19(15-9-10-22-11-15)13-26(20(18)25-21)16-5-7-17(27)8-6-16/h12-17,22,27H,3-11H2,1-2H3,(H,23,24,25)/t14-,15?,16-,17-/m0/s1. The summed E-state index contributed by atoms with van der Waals surface area (Å²) in [6, 6.07) is 0.800. The fourth-order valence-electron chi connectivity index (χ4n) is 4.71. The maximum absolute atomic E-state index is 9.91. The Morgan fingerprint density at radius 2 is 2.11 bits per heavy atom. The van der Waals surface area contributed by atoms with E-state index in [1.165, 1.54) is 17.4 Å². The lowest BCUT2D eigenvalue weighted by atomic mass is 9.93. The second-order valence-corrected chi connectivity index (χ2v) is 8.41. The zero-order chi connectivity index (χ0) is 18.8. The monoisotopic (exact) mass is 371 g/mol. The van der Waals surface area contributed by atoms with E-state index in [-0.39, 0.29) is 6.10 Å². The molecule has 0 radical (unpaired) electrons. The fraction of sp³-hybridized carbons (Fsp3) is 0.714. The maximum atomic E-state index is 9.91. The Kier molecular flexibility index (Phi) is 5.64. The van der Waals surface area contributed by atoms with Crippen LogP contribution in [-0.4, -0.2) is 44.9 Å². The molecule has 2 atom stereocenters. The van der Waals surface area contributed by atoms with Crippen LogP contribution in [0, 0.1) is 0 Å². The largest absolute Gasteiger partial charge is 0.393 e. The van der Waals surface area contributed by atoms with Crippen LogP contribution in [0.5, 0.6) is 0 Å². The summed E-state index contributed by atoms with van der Waals surface area (Å²) < 4.78 is 2.38. The first kappa shape index (κ1) is 18.7. The molecule has 1 saturated carbocycles. The first-order valence-corrected chi connectivity index (χ1v) is 10.7. The van der Waals surface area contributed by atoms with Crippen molar-refractivity contribution in [1.29, 1.82) is 0 Å². The van der Waals surface area contributed by atoms with Gasteiger partial charge in [-0.3, -0.25) is 0 Å². The van der Waals surface area contributed by atoms with E-state index in [1.54, 1.807) is 0 Å². The first-order chi connectivity index (χ1) is 13.2. The maximum Gasteiger partial charge on any atom is 0.224 e. The molecule has 3 N–H and O–H groups in total. The summed E-state index contributed by atoms with van der Waals surface area (Å²) in [6.07, 6.45) is 11.5. The molecular formula is C21H33N5O. The molecule has 148 valence electrons. The highest BCUT2D eigenvalue weighted by molar-refractivity contribution is 5.81. The van der Waals surface area contributed by atoms with Gasteiger partial charge in [-0.2, -0.15) is 4.98 Å². The van der Waals surface area contributed by atoms with Gasteiger partial charge in [-0.15, -0.1) is 0 Å². The van der Waals surface area contributed by atoms with Gasteiger partial charge >= 0.3 is 0 Å². The molecule has 0 bridgehead atoms. The van der Waals surface area contributed by atoms with Crippen molar-refractivity contribution in [3.63, 3.8) is 0 Å². The molecule has 6 heteroatoms. The number of rotatable bonds is 6. The van der Waals surface area contributed by atoms with Crippen LogP contribution < -0.4 is 10.6 Å². The topological polar surface area (TPSA) is 75.0 Å². The van der Waals surface area contributed by atoms with Crippen molar-refractivity contribution in [2.45, 2.75) is 82.9 Å². The third-order valence-electron chi connectivity index (χ3n) is 6.26. The van der Waals surface area contributed by atoms with Crippen molar-refractivity contribution in [1.82, 2.24) is 19.9 Å². The van der Waals surface area contributed by atoms with Crippen LogP contribution in [0.15, 0.2) is 12.4 Å². The second-order valence-electron chi connectivity index (χ2n) is 8.41. The van der Waals surface area contributed by atoms with Crippen molar-refractivity contribution in [3.05, 3.63) is 18.0 Å². The summed E-state index contributed by atoms with van der Waals surface area (Å²) in [6.45, 7) is 6.51. The van der Waals surface area contributed by atoms with Gasteiger partial charge in [-0.25, -0.2) is 4.98 Å². The quantitative estimate of drug-likeness (QED) is 0.724. The zero-order valence-corrected chi connectivity index (χ0v) is 16.6. The molecule has 4 rings (SSSR count). The van der Waals surface area contributed by atoms with Crippen molar-refractivity contribution in [2.75, 3.05) is 18.4 Å². The zero-order valence-electron chi connectivity index (χ0n) is 16.6. The summed E-state index contributed by atoms with van der Waals surface area (Å²) in [5.41, 5.74) is 2.44. The van der Waals surface area contributed by atoms with Gasteiger partial charge in [0.1, 0.15) is 5.65 Å². The lowest BCUT2D eigenvalue weighted by molar-refractivity contribution is 0.111. The average molecular weight is 372 g/mol. The number of aromatic nitrogens is 3. The Labute approximate surface area is 161 Å². The number of aliphatic hydroxyl groups is 1. The summed E-state index contributed by atoms with van der Waals surface area (Å²) >= 11 is 0. The lowest BCUT2D eigenvalue weighted by Gasteiger charge is -2.27. The second kappa shape index (κ2) is 8.15. The van der Waals surface area contributed by atoms with E-state index in [1.807, 2.05) is 6.20 Å². The third kappa shape index (κ3) is 3.97. The van der Waals surface area contributed by atoms with Gasteiger partial charge in [0.2, 0.25) is 5.95 Å². The van der Waals surface area contributed by atoms with Crippen molar-refractivity contribution in [3.8, 4) is 0 Å². The Balaban J connectivity index is 1.69. The normalized spacial score (nSPS) is 27.1. The van der Waals surface area contributed by atoms with Crippen molar-refractivity contribution in [2.24, 2.45) is 0 Å². The molecule has 0 spiro atoms. The summed E-state index contributed by atoms with van der Waals surface area (Å²) in [7, 11) is 0. The summed E-state index contributed by atoms with van der Waals surface area (Å²) in [4.78, 5) is 9.58. The third-order valence-corrected chi connectivity index (χ3v) is 6.26. The van der Waals surface area contributed by atoms with Crippen LogP contribution in [0.4, 0.5) is 5.95 Å². The van der Waals surface area contributed by atoms with E-state index >= 15 is 0 Å². The Hall–Kier alpha value is -1.66. The van der Waals surface area contributed by atoms with E-state index in [0.29, 0.717) is 18.0 Å². The first-order valence-electron chi connectivity index (χ1n) is 10.7. The van der Waals surface area contributed by atoms with Gasteiger partial charge in [-0.05, 0) is 63.5 Å². The van der Waals surface area contributed by atoms with Gasteiger partial charge in [0, 0.05) is 36.4 Å². The summed E-state index contributed by atoms with van der Waals surface area (Å²) in [5, 5.41) is 18.1. The minimum Gasteiger partial charge on any atom is -0.393 e.